The average Bonchev–Trinajstić information content (AvgIpc) is 2.99. The van der Waals surface area contributed by atoms with Crippen molar-refractivity contribution in [3.63, 3.8) is 0 Å². The highest BCUT2D eigenvalue weighted by atomic mass is 35.5. The maximum atomic E-state index is 14.1. The second-order valence-corrected chi connectivity index (χ2v) is 10.4. The number of aliphatic hydroxyl groups excluding tert-OH is 2. The number of hydrogen-bond donors (Lipinski definition) is 3. The molecule has 41 heavy (non-hydrogen) atoms. The van der Waals surface area contributed by atoms with E-state index in [0.29, 0.717) is 27.4 Å². The van der Waals surface area contributed by atoms with Gasteiger partial charge in [-0.25, -0.2) is 5.48 Å². The van der Waals surface area contributed by atoms with Gasteiger partial charge in [0.05, 0.1) is 30.3 Å². The van der Waals surface area contributed by atoms with Crippen LogP contribution in [-0.2, 0) is 16.2 Å². The maximum Gasteiger partial charge on any atom is 0.255 e. The number of aliphatic hydroxyl groups is 2. The van der Waals surface area contributed by atoms with Gasteiger partial charge in [-0.1, -0.05) is 83.9 Å². The van der Waals surface area contributed by atoms with Crippen LogP contribution in [0.2, 0.25) is 10.0 Å². The third-order valence-electron chi connectivity index (χ3n) is 7.11. The third kappa shape index (κ3) is 5.98. The number of carbonyl (C=O) groups excluding carboxylic acids is 2. The molecule has 0 unspecified atom stereocenters. The summed E-state index contributed by atoms with van der Waals surface area (Å²) >= 11 is 12.9. The summed E-state index contributed by atoms with van der Waals surface area (Å²) in [6, 6.07) is 23.4. The van der Waals surface area contributed by atoms with E-state index in [2.05, 4.69) is 10.5 Å². The van der Waals surface area contributed by atoms with Gasteiger partial charge in [0.15, 0.2) is 0 Å². The van der Waals surface area contributed by atoms with Gasteiger partial charge in [-0.05, 0) is 47.0 Å². The van der Waals surface area contributed by atoms with E-state index in [4.69, 9.17) is 28.0 Å². The molecule has 0 aliphatic carbocycles. The lowest BCUT2D eigenvalue weighted by molar-refractivity contribution is -0.138. The molecule has 0 saturated carbocycles. The Morgan fingerprint density at radius 3 is 2.41 bits per heavy atom. The molecule has 0 fully saturated rings. The van der Waals surface area contributed by atoms with Gasteiger partial charge < -0.3 is 15.1 Å². The first kappa shape index (κ1) is 28.7. The summed E-state index contributed by atoms with van der Waals surface area (Å²) in [5, 5.41) is 22.6. The van der Waals surface area contributed by atoms with E-state index >= 15 is 0 Å². The van der Waals surface area contributed by atoms with Crippen molar-refractivity contribution in [3.05, 3.63) is 135 Å². The summed E-state index contributed by atoms with van der Waals surface area (Å²) in [6.45, 7) is -0.571. The molecule has 10 heteroatoms. The van der Waals surface area contributed by atoms with Crippen molar-refractivity contribution in [2.75, 3.05) is 6.61 Å². The maximum absolute atomic E-state index is 14.1. The van der Waals surface area contributed by atoms with E-state index in [9.17, 15) is 19.8 Å². The van der Waals surface area contributed by atoms with Crippen LogP contribution in [0.25, 0.3) is 0 Å². The number of benzene rings is 3. The zero-order chi connectivity index (χ0) is 28.9. The van der Waals surface area contributed by atoms with E-state index < -0.39 is 42.5 Å². The first-order chi connectivity index (χ1) is 19.9. The van der Waals surface area contributed by atoms with Gasteiger partial charge in [0.1, 0.15) is 12.7 Å². The number of nitrogens with one attached hydrogen (secondary N) is 1. The number of pyridine rings is 1. The van der Waals surface area contributed by atoms with Crippen LogP contribution in [0.5, 0.6) is 0 Å². The summed E-state index contributed by atoms with van der Waals surface area (Å²) in [4.78, 5) is 39.1. The molecule has 1 aliphatic rings. The minimum atomic E-state index is -1.27. The highest BCUT2D eigenvalue weighted by Gasteiger charge is 2.48. The lowest BCUT2D eigenvalue weighted by Crippen LogP contribution is -2.54. The van der Waals surface area contributed by atoms with E-state index in [0.717, 1.165) is 0 Å². The molecule has 8 nitrogen and oxygen atoms in total. The van der Waals surface area contributed by atoms with Gasteiger partial charge in [-0.2, -0.15) is 0 Å². The van der Waals surface area contributed by atoms with Crippen molar-refractivity contribution in [1.29, 1.82) is 0 Å². The molecule has 3 N–H and O–H groups in total. The van der Waals surface area contributed by atoms with Crippen molar-refractivity contribution < 1.29 is 24.6 Å². The molecule has 210 valence electrons. The van der Waals surface area contributed by atoms with Crippen LogP contribution in [0.15, 0.2) is 97.2 Å². The van der Waals surface area contributed by atoms with Crippen LogP contribution in [0.4, 0.5) is 0 Å². The highest BCUT2D eigenvalue weighted by molar-refractivity contribution is 6.35. The lowest BCUT2D eigenvalue weighted by atomic mass is 9.78. The smallest absolute Gasteiger partial charge is 0.255 e. The molecule has 3 aromatic carbocycles. The van der Waals surface area contributed by atoms with Crippen LogP contribution in [-0.4, -0.2) is 44.6 Å². The van der Waals surface area contributed by atoms with Crippen LogP contribution in [0.3, 0.4) is 0 Å². The Labute approximate surface area is 247 Å². The Balaban J connectivity index is 1.61. The molecule has 5 rings (SSSR count). The van der Waals surface area contributed by atoms with Gasteiger partial charge in [-0.3, -0.25) is 19.4 Å². The van der Waals surface area contributed by atoms with E-state index in [1.54, 1.807) is 91.1 Å². The number of rotatable bonds is 9. The van der Waals surface area contributed by atoms with Gasteiger partial charge in [0, 0.05) is 21.8 Å². The highest BCUT2D eigenvalue weighted by Crippen LogP contribution is 2.47. The second-order valence-electron chi connectivity index (χ2n) is 9.57. The Morgan fingerprint density at radius 1 is 0.976 bits per heavy atom. The van der Waals surface area contributed by atoms with Crippen LogP contribution >= 0.6 is 23.2 Å². The fourth-order valence-electron chi connectivity index (χ4n) is 5.21. The zero-order valence-corrected chi connectivity index (χ0v) is 23.2. The van der Waals surface area contributed by atoms with Gasteiger partial charge in [0.25, 0.3) is 11.8 Å². The molecule has 0 radical (unpaired) electrons. The van der Waals surface area contributed by atoms with Crippen molar-refractivity contribution in [3.8, 4) is 0 Å². The minimum Gasteiger partial charge on any atom is -0.394 e. The SMILES string of the molecule is O=C(NOCc1ccccn1)[C@H]1c2ccccc2C(=O)N([C@@H](CO)[C@@H](O)c2ccccc2)[C@@H]1c1ccc(Cl)cc1Cl. The van der Waals surface area contributed by atoms with Crippen molar-refractivity contribution in [2.45, 2.75) is 30.7 Å². The Bertz CT molecular complexity index is 1520. The summed E-state index contributed by atoms with van der Waals surface area (Å²) in [7, 11) is 0. The first-order valence-electron chi connectivity index (χ1n) is 12.9. The standard InChI is InChI=1S/C31H27Cl2N3O5/c32-20-13-14-24(25(33)16-20)28-27(30(39)35-41-18-21-10-6-7-15-34-21)22-11-4-5-12-23(22)31(40)36(28)26(17-37)29(38)19-8-2-1-3-9-19/h1-16,26-29,37-38H,17-18H2,(H,35,39)/t26-,27-,28+,29-/m0/s1. The fourth-order valence-corrected chi connectivity index (χ4v) is 5.73. The van der Waals surface area contributed by atoms with Gasteiger partial charge in [0.2, 0.25) is 0 Å². The number of carbonyl (C=O) groups is 2. The predicted molar refractivity (Wildman–Crippen MR) is 154 cm³/mol. The quantitative estimate of drug-likeness (QED) is 0.236. The third-order valence-corrected chi connectivity index (χ3v) is 7.67. The molecule has 4 aromatic rings. The molecular weight excluding hydrogens is 565 g/mol. The van der Waals surface area contributed by atoms with Crippen LogP contribution in [0.1, 0.15) is 50.8 Å². The van der Waals surface area contributed by atoms with Gasteiger partial charge >= 0.3 is 0 Å². The molecule has 0 saturated heterocycles. The number of amides is 2. The monoisotopic (exact) mass is 591 g/mol. The minimum absolute atomic E-state index is 0.0158. The number of halogens is 2. The van der Waals surface area contributed by atoms with Gasteiger partial charge in [-0.15, -0.1) is 0 Å². The van der Waals surface area contributed by atoms with Crippen molar-refractivity contribution >= 4 is 35.0 Å². The van der Waals surface area contributed by atoms with Crippen LogP contribution < -0.4 is 5.48 Å². The Morgan fingerprint density at radius 2 is 1.71 bits per heavy atom. The summed E-state index contributed by atoms with van der Waals surface area (Å²) in [5.74, 6) is -2.04. The molecular formula is C31H27Cl2N3O5. The Hall–Kier alpha value is -3.79. The molecule has 2 heterocycles. The largest absolute Gasteiger partial charge is 0.394 e. The van der Waals surface area contributed by atoms with E-state index in [1.165, 1.54) is 11.0 Å². The molecule has 1 aromatic heterocycles. The summed E-state index contributed by atoms with van der Waals surface area (Å²) in [5.41, 5.74) is 4.76. The average molecular weight is 592 g/mol. The zero-order valence-electron chi connectivity index (χ0n) is 21.7. The lowest BCUT2D eigenvalue weighted by Gasteiger charge is -2.46. The number of nitrogens with zero attached hydrogens (tertiary/aromatic N) is 2. The molecule has 0 spiro atoms. The number of hydrogen-bond acceptors (Lipinski definition) is 6. The topological polar surface area (TPSA) is 112 Å². The predicted octanol–water partition coefficient (Wildman–Crippen LogP) is 5.01. The number of aromatic nitrogens is 1. The summed E-state index contributed by atoms with van der Waals surface area (Å²) < 4.78 is 0. The molecule has 1 aliphatic heterocycles. The molecule has 0 bridgehead atoms. The molecule has 4 atom stereocenters. The Kier molecular flexibility index (Phi) is 8.97. The number of fused-ring (bicyclic) bond motifs is 1. The van der Waals surface area contributed by atoms with Crippen molar-refractivity contribution in [1.82, 2.24) is 15.4 Å². The van der Waals surface area contributed by atoms with Crippen molar-refractivity contribution in [2.24, 2.45) is 0 Å². The van der Waals surface area contributed by atoms with E-state index in [-0.39, 0.29) is 17.2 Å². The molecule has 2 amide bonds. The first-order valence-corrected chi connectivity index (χ1v) is 13.7. The fraction of sp³-hybridized carbons (Fsp3) is 0.194. The van der Waals surface area contributed by atoms with Crippen LogP contribution in [0, 0.1) is 0 Å². The second kappa shape index (κ2) is 12.8. The normalized spacial score (nSPS) is 18.0. The van der Waals surface area contributed by atoms with E-state index in [1.807, 2.05) is 0 Å². The summed E-state index contributed by atoms with van der Waals surface area (Å²) in [6.07, 6.45) is 0.348. The number of hydroxylamine groups is 1.